The van der Waals surface area contributed by atoms with Gasteiger partial charge in [0.2, 0.25) is 6.08 Å². The number of benzene rings is 1. The molecule has 3 heteroatoms. The van der Waals surface area contributed by atoms with Crippen LogP contribution in [0.25, 0.3) is 0 Å². The molecule has 72 valence electrons. The first-order chi connectivity index (χ1) is 6.77. The highest BCUT2D eigenvalue weighted by Gasteiger charge is 2.45. The summed E-state index contributed by atoms with van der Waals surface area (Å²) < 4.78 is 0. The van der Waals surface area contributed by atoms with Crippen molar-refractivity contribution in [2.45, 2.75) is 24.5 Å². The van der Waals surface area contributed by atoms with E-state index >= 15 is 0 Å². The molecule has 3 nitrogen and oxygen atoms in total. The third kappa shape index (κ3) is 1.37. The van der Waals surface area contributed by atoms with Crippen molar-refractivity contribution in [2.24, 2.45) is 4.99 Å². The first-order valence-electron chi connectivity index (χ1n) is 4.59. The summed E-state index contributed by atoms with van der Waals surface area (Å²) in [4.78, 5) is 14.1. The number of aliphatic imine (C=N–C) groups is 1. The molecule has 1 aliphatic carbocycles. The lowest BCUT2D eigenvalue weighted by atomic mass is 9.70. The fourth-order valence-electron chi connectivity index (χ4n) is 1.95. The Morgan fingerprint density at radius 2 is 2.00 bits per heavy atom. The third-order valence-electron chi connectivity index (χ3n) is 2.72. The molecule has 0 spiro atoms. The summed E-state index contributed by atoms with van der Waals surface area (Å²) in [7, 11) is 0. The number of carbonyl (C=O) groups excluding carboxylic acids is 1. The van der Waals surface area contributed by atoms with Crippen molar-refractivity contribution in [3.8, 4) is 0 Å². The Kier molecular flexibility index (Phi) is 2.20. The molecular formula is C11H11NO2. The highest BCUT2D eigenvalue weighted by atomic mass is 16.3. The molecule has 1 aromatic rings. The summed E-state index contributed by atoms with van der Waals surface area (Å²) in [6.45, 7) is 0. The van der Waals surface area contributed by atoms with Gasteiger partial charge in [0, 0.05) is 12.8 Å². The van der Waals surface area contributed by atoms with E-state index in [2.05, 4.69) is 4.99 Å². The van der Waals surface area contributed by atoms with Crippen LogP contribution >= 0.6 is 0 Å². The molecule has 0 atom stereocenters. The van der Waals surface area contributed by atoms with Crippen LogP contribution in [0.3, 0.4) is 0 Å². The van der Waals surface area contributed by atoms with Gasteiger partial charge in [-0.15, -0.1) is 0 Å². The zero-order chi connectivity index (χ0) is 10.0. The Labute approximate surface area is 82.1 Å². The number of aliphatic hydroxyl groups excluding tert-OH is 1. The van der Waals surface area contributed by atoms with Crippen LogP contribution in [0.2, 0.25) is 0 Å². The van der Waals surface area contributed by atoms with E-state index in [1.165, 1.54) is 0 Å². The summed E-state index contributed by atoms with van der Waals surface area (Å²) in [5.74, 6) is 0. The largest absolute Gasteiger partial charge is 0.393 e. The minimum absolute atomic E-state index is 0.340. The summed E-state index contributed by atoms with van der Waals surface area (Å²) in [5.41, 5.74) is 0.469. The molecule has 0 radical (unpaired) electrons. The van der Waals surface area contributed by atoms with Gasteiger partial charge < -0.3 is 5.11 Å². The van der Waals surface area contributed by atoms with Crippen molar-refractivity contribution in [3.63, 3.8) is 0 Å². The molecule has 1 N–H and O–H groups in total. The van der Waals surface area contributed by atoms with Crippen LogP contribution in [0.1, 0.15) is 18.4 Å². The summed E-state index contributed by atoms with van der Waals surface area (Å²) in [6, 6.07) is 9.57. The zero-order valence-electron chi connectivity index (χ0n) is 7.68. The van der Waals surface area contributed by atoms with Crippen molar-refractivity contribution in [1.29, 1.82) is 0 Å². The lowest BCUT2D eigenvalue weighted by molar-refractivity contribution is 0.0223. The quantitative estimate of drug-likeness (QED) is 0.564. The minimum Gasteiger partial charge on any atom is -0.393 e. The van der Waals surface area contributed by atoms with Gasteiger partial charge in [0.15, 0.2) is 0 Å². The number of hydrogen-bond acceptors (Lipinski definition) is 3. The van der Waals surface area contributed by atoms with Gasteiger partial charge in [0.1, 0.15) is 5.54 Å². The van der Waals surface area contributed by atoms with Gasteiger partial charge in [0.05, 0.1) is 6.10 Å². The highest BCUT2D eigenvalue weighted by molar-refractivity contribution is 5.40. The van der Waals surface area contributed by atoms with Crippen molar-refractivity contribution >= 4 is 6.08 Å². The van der Waals surface area contributed by atoms with Gasteiger partial charge in [-0.25, -0.2) is 4.79 Å². The van der Waals surface area contributed by atoms with Gasteiger partial charge in [-0.2, -0.15) is 4.99 Å². The molecule has 1 aromatic carbocycles. The molecule has 0 bridgehead atoms. The van der Waals surface area contributed by atoms with Crippen molar-refractivity contribution in [3.05, 3.63) is 35.9 Å². The van der Waals surface area contributed by atoms with Crippen molar-refractivity contribution in [2.75, 3.05) is 0 Å². The van der Waals surface area contributed by atoms with E-state index in [9.17, 15) is 9.90 Å². The average molecular weight is 189 g/mol. The van der Waals surface area contributed by atoms with E-state index in [0.717, 1.165) is 5.56 Å². The maximum Gasteiger partial charge on any atom is 0.235 e. The maximum absolute atomic E-state index is 10.3. The van der Waals surface area contributed by atoms with Crippen LogP contribution in [0.4, 0.5) is 0 Å². The van der Waals surface area contributed by atoms with E-state index in [1.807, 2.05) is 30.3 Å². The lowest BCUT2D eigenvalue weighted by Crippen LogP contribution is -2.43. The molecule has 0 aliphatic heterocycles. The fourth-order valence-corrected chi connectivity index (χ4v) is 1.95. The number of aliphatic hydroxyl groups is 1. The summed E-state index contributed by atoms with van der Waals surface area (Å²) in [5, 5.41) is 9.28. The highest BCUT2D eigenvalue weighted by Crippen LogP contribution is 2.44. The first kappa shape index (κ1) is 9.13. The van der Waals surface area contributed by atoms with Crippen LogP contribution < -0.4 is 0 Å². The number of nitrogens with zero attached hydrogens (tertiary/aromatic N) is 1. The topological polar surface area (TPSA) is 49.7 Å². The van der Waals surface area contributed by atoms with Crippen molar-refractivity contribution < 1.29 is 9.90 Å². The molecule has 0 saturated heterocycles. The predicted octanol–water partition coefficient (Wildman–Crippen LogP) is 1.37. The summed E-state index contributed by atoms with van der Waals surface area (Å²) >= 11 is 0. The molecule has 2 rings (SSSR count). The molecule has 1 aliphatic rings. The maximum atomic E-state index is 10.3. The second-order valence-corrected chi connectivity index (χ2v) is 3.66. The van der Waals surface area contributed by atoms with Gasteiger partial charge in [-0.05, 0) is 5.56 Å². The standard InChI is InChI=1S/C11H11NO2/c13-8-12-11(6-10(14)7-11)9-4-2-1-3-5-9/h1-5,10,14H,6-7H2. The minimum atomic E-state index is -0.511. The van der Waals surface area contributed by atoms with Gasteiger partial charge in [0.25, 0.3) is 0 Å². The van der Waals surface area contributed by atoms with Crippen LogP contribution in [0.5, 0.6) is 0 Å². The number of isocyanates is 1. The second kappa shape index (κ2) is 3.37. The molecule has 1 saturated carbocycles. The van der Waals surface area contributed by atoms with Crippen LogP contribution in [0, 0.1) is 0 Å². The fraction of sp³-hybridized carbons (Fsp3) is 0.364. The Morgan fingerprint density at radius 3 is 2.50 bits per heavy atom. The SMILES string of the molecule is O=C=NC1(c2ccccc2)CC(O)C1. The molecule has 0 amide bonds. The van der Waals surface area contributed by atoms with Gasteiger partial charge >= 0.3 is 0 Å². The van der Waals surface area contributed by atoms with E-state index < -0.39 is 5.54 Å². The van der Waals surface area contributed by atoms with Crippen molar-refractivity contribution in [1.82, 2.24) is 0 Å². The molecule has 0 heterocycles. The van der Waals surface area contributed by atoms with E-state index in [1.54, 1.807) is 6.08 Å². The molecule has 1 fully saturated rings. The van der Waals surface area contributed by atoms with E-state index in [-0.39, 0.29) is 6.10 Å². The number of hydrogen-bond donors (Lipinski definition) is 1. The Morgan fingerprint density at radius 1 is 1.36 bits per heavy atom. The lowest BCUT2D eigenvalue weighted by Gasteiger charge is -2.41. The molecule has 0 unspecified atom stereocenters. The average Bonchev–Trinajstić information content (AvgIpc) is 2.17. The molecule has 0 aromatic heterocycles. The Hall–Kier alpha value is -1.44. The predicted molar refractivity (Wildman–Crippen MR) is 51.5 cm³/mol. The normalized spacial score (nSPS) is 30.2. The smallest absolute Gasteiger partial charge is 0.235 e. The third-order valence-corrected chi connectivity index (χ3v) is 2.72. The van der Waals surface area contributed by atoms with Crippen LogP contribution in [-0.2, 0) is 10.3 Å². The Balaban J connectivity index is 2.34. The van der Waals surface area contributed by atoms with E-state index in [0.29, 0.717) is 12.8 Å². The molecule has 14 heavy (non-hydrogen) atoms. The first-order valence-corrected chi connectivity index (χ1v) is 4.59. The number of rotatable bonds is 2. The van der Waals surface area contributed by atoms with E-state index in [4.69, 9.17) is 0 Å². The zero-order valence-corrected chi connectivity index (χ0v) is 7.68. The Bertz CT molecular complexity index is 362. The summed E-state index contributed by atoms with van der Waals surface area (Å²) in [6.07, 6.45) is 2.29. The second-order valence-electron chi connectivity index (χ2n) is 3.66. The van der Waals surface area contributed by atoms with Crippen LogP contribution in [-0.4, -0.2) is 17.3 Å². The van der Waals surface area contributed by atoms with Crippen LogP contribution in [0.15, 0.2) is 35.3 Å². The monoisotopic (exact) mass is 189 g/mol. The van der Waals surface area contributed by atoms with Gasteiger partial charge in [-0.1, -0.05) is 30.3 Å². The molecular weight excluding hydrogens is 178 g/mol. The van der Waals surface area contributed by atoms with Gasteiger partial charge in [-0.3, -0.25) is 0 Å².